The average molecular weight is 576 g/mol. The quantitative estimate of drug-likeness (QED) is 0.145. The maximum atomic E-state index is 12.9. The predicted molar refractivity (Wildman–Crippen MR) is 145 cm³/mol. The van der Waals surface area contributed by atoms with Gasteiger partial charge >= 0.3 is 5.97 Å². The van der Waals surface area contributed by atoms with E-state index in [0.717, 1.165) is 32.3 Å². The number of hydrogen-bond donors (Lipinski definition) is 2. The van der Waals surface area contributed by atoms with Crippen molar-refractivity contribution in [2.45, 2.75) is 31.3 Å². The van der Waals surface area contributed by atoms with E-state index in [4.69, 9.17) is 21.1 Å². The van der Waals surface area contributed by atoms with Gasteiger partial charge in [0.05, 0.1) is 24.3 Å². The van der Waals surface area contributed by atoms with Gasteiger partial charge in [-0.05, 0) is 52.0 Å². The Morgan fingerprint density at radius 1 is 1.17 bits per heavy atom. The van der Waals surface area contributed by atoms with Gasteiger partial charge in [-0.15, -0.1) is 12.6 Å². The van der Waals surface area contributed by atoms with Gasteiger partial charge in [0, 0.05) is 45.7 Å². The summed E-state index contributed by atoms with van der Waals surface area (Å²) in [7, 11) is 1.34. The summed E-state index contributed by atoms with van der Waals surface area (Å²) in [6, 6.07) is 15.5. The minimum Gasteiger partial charge on any atom is -0.493 e. The molecule has 1 amide bonds. The van der Waals surface area contributed by atoms with Gasteiger partial charge in [0.1, 0.15) is 11.4 Å². The number of esters is 1. The van der Waals surface area contributed by atoms with Crippen molar-refractivity contribution in [1.82, 2.24) is 9.88 Å². The first-order valence-electron chi connectivity index (χ1n) is 11.0. The number of benzene rings is 3. The molecule has 0 unspecified atom stereocenters. The first-order chi connectivity index (χ1) is 16.8. The van der Waals surface area contributed by atoms with Crippen LogP contribution in [0.15, 0.2) is 57.9 Å². The number of carbonyl (C=O) groups is 2. The summed E-state index contributed by atoms with van der Waals surface area (Å²) in [5.74, 6) is 0.0747. The fraction of sp³-hybridized carbons (Fsp3) is 0.231. The van der Waals surface area contributed by atoms with Crippen LogP contribution in [0.4, 0.5) is 0 Å². The van der Waals surface area contributed by atoms with E-state index in [1.165, 1.54) is 14.0 Å². The van der Waals surface area contributed by atoms with Crippen molar-refractivity contribution in [3.8, 4) is 5.75 Å². The van der Waals surface area contributed by atoms with Crippen molar-refractivity contribution in [3.63, 3.8) is 0 Å². The van der Waals surface area contributed by atoms with Crippen molar-refractivity contribution in [2.24, 2.45) is 0 Å². The van der Waals surface area contributed by atoms with E-state index in [1.807, 2.05) is 47.0 Å². The Morgan fingerprint density at radius 3 is 2.69 bits per heavy atom. The lowest BCUT2D eigenvalue weighted by atomic mass is 10.1. The number of fused-ring (bicyclic) bond motifs is 2. The van der Waals surface area contributed by atoms with Crippen molar-refractivity contribution >= 4 is 73.7 Å². The smallest absolute Gasteiger partial charge is 0.355 e. The Kier molecular flexibility index (Phi) is 7.94. The largest absolute Gasteiger partial charge is 0.493 e. The normalized spacial score (nSPS) is 11.1. The van der Waals surface area contributed by atoms with Gasteiger partial charge in [-0.25, -0.2) is 4.79 Å². The third-order valence-corrected chi connectivity index (χ3v) is 7.33. The highest BCUT2D eigenvalue weighted by Crippen LogP contribution is 2.37. The Bertz CT molecular complexity index is 1440. The monoisotopic (exact) mass is 574 g/mol. The number of halogens is 2. The minimum absolute atomic E-state index is 0.166. The summed E-state index contributed by atoms with van der Waals surface area (Å²) in [4.78, 5) is 25.3. The van der Waals surface area contributed by atoms with E-state index in [2.05, 4.69) is 33.9 Å². The molecule has 0 fully saturated rings. The van der Waals surface area contributed by atoms with E-state index in [0.29, 0.717) is 40.3 Å². The van der Waals surface area contributed by atoms with E-state index in [1.54, 1.807) is 6.07 Å². The Balaban J connectivity index is 1.65. The number of nitrogens with one attached hydrogen (secondary N) is 1. The van der Waals surface area contributed by atoms with Crippen LogP contribution in [-0.2, 0) is 22.6 Å². The molecule has 0 atom stereocenters. The zero-order valence-corrected chi connectivity index (χ0v) is 22.5. The average Bonchev–Trinajstić information content (AvgIpc) is 3.15. The molecule has 0 aliphatic heterocycles. The van der Waals surface area contributed by atoms with Crippen molar-refractivity contribution in [1.29, 1.82) is 0 Å². The number of nitrogens with zero attached hydrogens (tertiary/aromatic N) is 1. The minimum atomic E-state index is -0.487. The van der Waals surface area contributed by atoms with Crippen LogP contribution >= 0.6 is 40.2 Å². The van der Waals surface area contributed by atoms with Crippen molar-refractivity contribution in [2.75, 3.05) is 13.7 Å². The summed E-state index contributed by atoms with van der Waals surface area (Å²) < 4.78 is 13.8. The van der Waals surface area contributed by atoms with Gasteiger partial charge in [0.15, 0.2) is 0 Å². The van der Waals surface area contributed by atoms with E-state index < -0.39 is 5.97 Å². The van der Waals surface area contributed by atoms with Crippen molar-refractivity contribution in [3.05, 3.63) is 69.3 Å². The lowest BCUT2D eigenvalue weighted by Crippen LogP contribution is -2.22. The maximum Gasteiger partial charge on any atom is 0.355 e. The second-order valence-electron chi connectivity index (χ2n) is 8.00. The summed E-state index contributed by atoms with van der Waals surface area (Å²) in [5, 5.41) is 6.14. The van der Waals surface area contributed by atoms with Crippen LogP contribution in [0.2, 0.25) is 5.02 Å². The molecule has 1 aromatic heterocycles. The molecule has 0 bridgehead atoms. The van der Waals surface area contributed by atoms with Gasteiger partial charge in [0.2, 0.25) is 5.91 Å². The zero-order valence-electron chi connectivity index (χ0n) is 19.2. The van der Waals surface area contributed by atoms with Crippen LogP contribution in [0.25, 0.3) is 21.7 Å². The molecule has 35 heavy (non-hydrogen) atoms. The molecule has 0 radical (unpaired) electrons. The standard InChI is InChI=1S/C26H24BrClN2O4S/c1-15(31)29-14-19-23-21(9-8-20(28)24(23)27)30(25(19)26(32)33-2)10-5-11-34-22-13-17(35)12-16-6-3-4-7-18(16)22/h3-4,6-9,12-13,35H,5,10-11,14H2,1-2H3,(H,29,31). The van der Waals surface area contributed by atoms with Gasteiger partial charge in [-0.1, -0.05) is 35.9 Å². The second-order valence-corrected chi connectivity index (χ2v) is 9.72. The highest BCUT2D eigenvalue weighted by atomic mass is 79.9. The fourth-order valence-electron chi connectivity index (χ4n) is 4.19. The number of carbonyl (C=O) groups excluding carboxylic acids is 2. The third kappa shape index (κ3) is 5.29. The molecule has 4 rings (SSSR count). The van der Waals surface area contributed by atoms with Crippen LogP contribution in [0.1, 0.15) is 29.4 Å². The van der Waals surface area contributed by atoms with Crippen LogP contribution < -0.4 is 10.1 Å². The molecule has 0 spiro atoms. The number of ether oxygens (including phenoxy) is 2. The molecular formula is C26H24BrClN2O4S. The molecule has 1 N–H and O–H groups in total. The molecule has 4 aromatic rings. The number of hydrogen-bond acceptors (Lipinski definition) is 5. The van der Waals surface area contributed by atoms with Gasteiger partial charge in [-0.3, -0.25) is 4.79 Å². The molecule has 182 valence electrons. The number of thiol groups is 1. The number of amides is 1. The summed E-state index contributed by atoms with van der Waals surface area (Å²) >= 11 is 14.4. The van der Waals surface area contributed by atoms with E-state index in [9.17, 15) is 9.59 Å². The summed E-state index contributed by atoms with van der Waals surface area (Å²) in [6.45, 7) is 2.52. The van der Waals surface area contributed by atoms with E-state index >= 15 is 0 Å². The summed E-state index contributed by atoms with van der Waals surface area (Å²) in [6.07, 6.45) is 0.624. The fourth-order valence-corrected chi connectivity index (χ4v) is 5.17. The highest BCUT2D eigenvalue weighted by molar-refractivity contribution is 9.10. The van der Waals surface area contributed by atoms with Crippen LogP contribution in [0, 0.1) is 0 Å². The first kappa shape index (κ1) is 25.4. The molecular weight excluding hydrogens is 552 g/mol. The number of aryl methyl sites for hydroxylation is 1. The van der Waals surface area contributed by atoms with Gasteiger partial charge in [0.25, 0.3) is 0 Å². The number of aromatic nitrogens is 1. The molecule has 3 aromatic carbocycles. The lowest BCUT2D eigenvalue weighted by molar-refractivity contribution is -0.119. The molecule has 9 heteroatoms. The molecule has 0 aliphatic rings. The molecule has 0 saturated heterocycles. The maximum absolute atomic E-state index is 12.9. The topological polar surface area (TPSA) is 69.6 Å². The zero-order chi connectivity index (χ0) is 25.1. The number of rotatable bonds is 8. The Labute approximate surface area is 222 Å². The first-order valence-corrected chi connectivity index (χ1v) is 12.6. The van der Waals surface area contributed by atoms with E-state index in [-0.39, 0.29) is 12.5 Å². The van der Waals surface area contributed by atoms with Crippen molar-refractivity contribution < 1.29 is 19.1 Å². The van der Waals surface area contributed by atoms with Crippen LogP contribution in [0.5, 0.6) is 5.75 Å². The molecule has 0 saturated carbocycles. The second kappa shape index (κ2) is 10.9. The van der Waals surface area contributed by atoms with Gasteiger partial charge < -0.3 is 19.4 Å². The molecule has 1 heterocycles. The highest BCUT2D eigenvalue weighted by Gasteiger charge is 2.25. The Hall–Kier alpha value is -2.68. The molecule has 6 nitrogen and oxygen atoms in total. The van der Waals surface area contributed by atoms with Crippen LogP contribution in [0.3, 0.4) is 0 Å². The Morgan fingerprint density at radius 2 is 1.94 bits per heavy atom. The molecule has 0 aliphatic carbocycles. The predicted octanol–water partition coefficient (Wildman–Crippen LogP) is 6.39. The lowest BCUT2D eigenvalue weighted by Gasteiger charge is -2.13. The SMILES string of the molecule is COC(=O)c1c(CNC(C)=O)c2c(Br)c(Cl)ccc2n1CCCOc1cc(S)cc2ccccc12. The summed E-state index contributed by atoms with van der Waals surface area (Å²) in [5.41, 5.74) is 1.83. The number of methoxy groups -OCH3 is 1. The van der Waals surface area contributed by atoms with Gasteiger partial charge in [-0.2, -0.15) is 0 Å². The van der Waals surface area contributed by atoms with Crippen LogP contribution in [-0.4, -0.2) is 30.2 Å². The third-order valence-electron chi connectivity index (χ3n) is 5.71.